The first-order valence-electron chi connectivity index (χ1n) is 6.45. The van der Waals surface area contributed by atoms with Crippen LogP contribution in [-0.4, -0.2) is 55.6 Å². The summed E-state index contributed by atoms with van der Waals surface area (Å²) in [6, 6.07) is -1.37. The molecule has 21 heavy (non-hydrogen) atoms. The summed E-state index contributed by atoms with van der Waals surface area (Å²) in [5.41, 5.74) is 5.67. The molecule has 0 aliphatic carbocycles. The fourth-order valence-electron chi connectivity index (χ4n) is 1.71. The molecule has 1 heterocycles. The molecular formula is C12H19N4O4Y-. The first kappa shape index (κ1) is 20.3. The summed E-state index contributed by atoms with van der Waals surface area (Å²) in [4.78, 5) is 45.2. The van der Waals surface area contributed by atoms with Gasteiger partial charge < -0.3 is 26.5 Å². The molecule has 0 spiro atoms. The van der Waals surface area contributed by atoms with Gasteiger partial charge in [-0.3, -0.25) is 14.4 Å². The van der Waals surface area contributed by atoms with E-state index in [-0.39, 0.29) is 71.0 Å². The average Bonchev–Trinajstić information content (AvgIpc) is 2.41. The van der Waals surface area contributed by atoms with Gasteiger partial charge in [0.15, 0.2) is 5.78 Å². The third-order valence-corrected chi connectivity index (χ3v) is 2.93. The molecule has 0 aromatic rings. The number of amides is 2. The Kier molecular flexibility index (Phi) is 10.6. The van der Waals surface area contributed by atoms with Crippen molar-refractivity contribution in [3.63, 3.8) is 0 Å². The van der Waals surface area contributed by atoms with Gasteiger partial charge in [0.1, 0.15) is 6.42 Å². The predicted molar refractivity (Wildman–Crippen MR) is 70.3 cm³/mol. The minimum atomic E-state index is -0.716. The van der Waals surface area contributed by atoms with E-state index < -0.39 is 23.9 Å². The molecular weight excluding hydrogens is 353 g/mol. The first-order chi connectivity index (χ1) is 9.52. The van der Waals surface area contributed by atoms with Gasteiger partial charge in [0, 0.05) is 45.8 Å². The number of nitrogens with two attached hydrogens (primary N) is 1. The fraction of sp³-hybridized carbons (Fsp3) is 0.667. The molecule has 2 unspecified atom stereocenters. The first-order valence-corrected chi connectivity index (χ1v) is 6.45. The zero-order valence-electron chi connectivity index (χ0n) is 11.7. The summed E-state index contributed by atoms with van der Waals surface area (Å²) in [6.45, 7) is 0.407. The van der Waals surface area contributed by atoms with Crippen LogP contribution in [0, 0.1) is 0 Å². The van der Waals surface area contributed by atoms with E-state index in [0.29, 0.717) is 6.42 Å². The Hall–Kier alpha value is -0.696. The van der Waals surface area contributed by atoms with Crippen molar-refractivity contribution in [3.05, 3.63) is 0 Å². The van der Waals surface area contributed by atoms with Gasteiger partial charge in [-0.15, -0.1) is 0 Å². The van der Waals surface area contributed by atoms with E-state index >= 15 is 0 Å². The summed E-state index contributed by atoms with van der Waals surface area (Å²) >= 11 is 0. The molecule has 9 heteroatoms. The molecule has 0 saturated carbocycles. The molecule has 1 rings (SSSR count). The number of hydrogen-bond donors (Lipinski definition) is 4. The molecule has 0 bridgehead atoms. The van der Waals surface area contributed by atoms with E-state index in [1.54, 1.807) is 6.29 Å². The van der Waals surface area contributed by atoms with Crippen LogP contribution in [0.2, 0.25) is 0 Å². The number of carbonyl (C=O) groups excluding carboxylic acids is 4. The Morgan fingerprint density at radius 3 is 2.19 bits per heavy atom. The number of Topliss-reactive ketones (excluding diaryl/α,β-unsaturated/α-hetero) is 1. The van der Waals surface area contributed by atoms with E-state index in [0.717, 1.165) is 0 Å². The zero-order chi connectivity index (χ0) is 15.0. The maximum Gasteiger partial charge on any atom is 0.229 e. The van der Waals surface area contributed by atoms with Crippen molar-refractivity contribution < 1.29 is 51.9 Å². The molecule has 115 valence electrons. The molecule has 5 N–H and O–H groups in total. The number of carbonyl (C=O) groups is 3. The molecule has 0 aromatic carbocycles. The minimum Gasteiger partial charge on any atom is -0.540 e. The summed E-state index contributed by atoms with van der Waals surface area (Å²) in [7, 11) is 0. The number of nitrogens with one attached hydrogen (secondary N) is 3. The predicted octanol–water partition coefficient (Wildman–Crippen LogP) is -2.64. The summed E-state index contributed by atoms with van der Waals surface area (Å²) in [6.07, 6.45) is 2.04. The van der Waals surface area contributed by atoms with Crippen molar-refractivity contribution in [1.29, 1.82) is 0 Å². The monoisotopic (exact) mass is 372 g/mol. The van der Waals surface area contributed by atoms with Crippen LogP contribution in [0.15, 0.2) is 0 Å². The van der Waals surface area contributed by atoms with Crippen molar-refractivity contribution in [2.24, 2.45) is 5.73 Å². The maximum absolute atomic E-state index is 11.7. The quantitative estimate of drug-likeness (QED) is 0.294. The summed E-state index contributed by atoms with van der Waals surface area (Å²) in [5, 5.41) is 7.78. The van der Waals surface area contributed by atoms with Crippen LogP contribution in [0.25, 0.3) is 0 Å². The van der Waals surface area contributed by atoms with Crippen LogP contribution in [0.5, 0.6) is 0 Å². The average molecular weight is 372 g/mol. The van der Waals surface area contributed by atoms with Crippen molar-refractivity contribution in [1.82, 2.24) is 16.0 Å². The van der Waals surface area contributed by atoms with Crippen molar-refractivity contribution in [2.45, 2.75) is 31.3 Å². The summed E-state index contributed by atoms with van der Waals surface area (Å²) in [5.74, 6) is -1.07. The normalized spacial score (nSPS) is 25.9. The van der Waals surface area contributed by atoms with E-state index in [4.69, 9.17) is 5.73 Å². The van der Waals surface area contributed by atoms with E-state index in [1.165, 1.54) is 0 Å². The molecule has 1 fully saturated rings. The Bertz CT molecular complexity index is 385. The molecule has 2 atom stereocenters. The van der Waals surface area contributed by atoms with Crippen molar-refractivity contribution in [2.75, 3.05) is 19.6 Å². The Labute approximate surface area is 148 Å². The number of rotatable bonds is 1. The standard InChI is InChI=1S/C12H19N4O4.Y/c13-9-2-4-15-12(20)5-11(19)14-3-1-8(7-17)16-6-10(9)18;/h8-9,16H,1-6,13H2,(H,14,19)(H,15,20);/q-1;. The smallest absolute Gasteiger partial charge is 0.229 e. The van der Waals surface area contributed by atoms with E-state index in [1.807, 2.05) is 0 Å². The van der Waals surface area contributed by atoms with Crippen LogP contribution >= 0.6 is 0 Å². The van der Waals surface area contributed by atoms with Crippen LogP contribution in [0.3, 0.4) is 0 Å². The van der Waals surface area contributed by atoms with Gasteiger partial charge in [-0.25, -0.2) is 6.29 Å². The second-order valence-electron chi connectivity index (χ2n) is 4.58. The van der Waals surface area contributed by atoms with Gasteiger partial charge in [0.05, 0.1) is 12.6 Å². The molecule has 0 aromatic heterocycles. The zero-order valence-corrected chi connectivity index (χ0v) is 14.5. The number of hydrogen-bond acceptors (Lipinski definition) is 6. The second kappa shape index (κ2) is 10.9. The molecule has 2 amide bonds. The van der Waals surface area contributed by atoms with Gasteiger partial charge in [-0.1, -0.05) is 6.04 Å². The topological polar surface area (TPSA) is 130 Å². The van der Waals surface area contributed by atoms with Gasteiger partial charge in [-0.05, 0) is 12.8 Å². The third-order valence-electron chi connectivity index (χ3n) is 2.93. The number of ketones is 1. The van der Waals surface area contributed by atoms with Crippen molar-refractivity contribution in [3.8, 4) is 0 Å². The molecule has 1 aliphatic rings. The van der Waals surface area contributed by atoms with E-state index in [2.05, 4.69) is 16.0 Å². The third kappa shape index (κ3) is 8.35. The SMILES string of the molecule is NC1CCNC(=O)CC(=O)NCCC([C-]=O)NCC1=O.[Y]. The molecule has 8 nitrogen and oxygen atoms in total. The minimum absolute atomic E-state index is 0. The van der Waals surface area contributed by atoms with Gasteiger partial charge in [-0.2, -0.15) is 0 Å². The molecule has 1 radical (unpaired) electrons. The Morgan fingerprint density at radius 1 is 1.05 bits per heavy atom. The molecule has 1 aliphatic heterocycles. The fourth-order valence-corrected chi connectivity index (χ4v) is 1.71. The Morgan fingerprint density at radius 2 is 1.62 bits per heavy atom. The van der Waals surface area contributed by atoms with Crippen molar-refractivity contribution >= 4 is 23.9 Å². The van der Waals surface area contributed by atoms with Crippen LogP contribution < -0.4 is 21.7 Å². The summed E-state index contributed by atoms with van der Waals surface area (Å²) < 4.78 is 0. The van der Waals surface area contributed by atoms with Gasteiger partial charge in [0.2, 0.25) is 11.8 Å². The maximum atomic E-state index is 11.7. The van der Waals surface area contributed by atoms with E-state index in [9.17, 15) is 19.2 Å². The van der Waals surface area contributed by atoms with Gasteiger partial charge in [0.25, 0.3) is 0 Å². The second-order valence-corrected chi connectivity index (χ2v) is 4.58. The van der Waals surface area contributed by atoms with Crippen LogP contribution in [0.4, 0.5) is 0 Å². The largest absolute Gasteiger partial charge is 0.540 e. The van der Waals surface area contributed by atoms with Crippen LogP contribution in [-0.2, 0) is 51.9 Å². The molecule has 1 saturated heterocycles. The van der Waals surface area contributed by atoms with Gasteiger partial charge >= 0.3 is 0 Å². The Balaban J connectivity index is 0.00000400. The van der Waals surface area contributed by atoms with Crippen LogP contribution in [0.1, 0.15) is 19.3 Å².